The number of halogens is 3. The highest BCUT2D eigenvalue weighted by molar-refractivity contribution is 6.11. The van der Waals surface area contributed by atoms with E-state index in [1.165, 1.54) is 18.3 Å². The summed E-state index contributed by atoms with van der Waals surface area (Å²) in [6, 6.07) is 13.5. The third-order valence-corrected chi connectivity index (χ3v) is 4.23. The Balaban J connectivity index is 1.90. The predicted molar refractivity (Wildman–Crippen MR) is 103 cm³/mol. The lowest BCUT2D eigenvalue weighted by atomic mass is 10.0. The number of aromatic nitrogens is 2. The van der Waals surface area contributed by atoms with Gasteiger partial charge in [0.05, 0.1) is 11.1 Å². The van der Waals surface area contributed by atoms with Crippen molar-refractivity contribution < 1.29 is 18.0 Å². The van der Waals surface area contributed by atoms with Crippen LogP contribution in [0.1, 0.15) is 33.2 Å². The Hall–Kier alpha value is -3.46. The molecule has 3 rings (SSSR count). The smallest absolute Gasteiger partial charge is 0.383 e. The van der Waals surface area contributed by atoms with Gasteiger partial charge in [0.2, 0.25) is 5.78 Å². The molecule has 9 heteroatoms. The van der Waals surface area contributed by atoms with Crippen LogP contribution in [0.2, 0.25) is 0 Å². The SMILES string of the molecule is Nc1ncccc1C(=O)c1nc(NC[C@@H](N)c2ccccc2)ccc1C(F)(F)F. The number of rotatable bonds is 6. The second-order valence-corrected chi connectivity index (χ2v) is 6.25. The van der Waals surface area contributed by atoms with E-state index in [4.69, 9.17) is 11.5 Å². The van der Waals surface area contributed by atoms with Crippen LogP contribution in [0, 0.1) is 0 Å². The molecule has 0 amide bonds. The van der Waals surface area contributed by atoms with Crippen LogP contribution in [-0.4, -0.2) is 22.3 Å². The molecule has 1 aromatic carbocycles. The Bertz CT molecular complexity index is 1010. The number of nitrogens with two attached hydrogens (primary N) is 2. The zero-order chi connectivity index (χ0) is 21.0. The molecule has 2 aromatic heterocycles. The number of carbonyl (C=O) groups is 1. The fourth-order valence-corrected chi connectivity index (χ4v) is 2.73. The van der Waals surface area contributed by atoms with Gasteiger partial charge in [0.25, 0.3) is 0 Å². The van der Waals surface area contributed by atoms with Gasteiger partial charge in [-0.3, -0.25) is 4.79 Å². The number of ketones is 1. The molecule has 0 aliphatic carbocycles. The first-order chi connectivity index (χ1) is 13.8. The lowest BCUT2D eigenvalue weighted by molar-refractivity contribution is -0.138. The third-order valence-electron chi connectivity index (χ3n) is 4.23. The Morgan fingerprint density at radius 1 is 1.07 bits per heavy atom. The van der Waals surface area contributed by atoms with Crippen molar-refractivity contribution in [2.45, 2.75) is 12.2 Å². The highest BCUT2D eigenvalue weighted by Crippen LogP contribution is 2.33. The van der Waals surface area contributed by atoms with Crippen LogP contribution in [0.3, 0.4) is 0 Å². The van der Waals surface area contributed by atoms with Gasteiger partial charge in [-0.25, -0.2) is 9.97 Å². The maximum atomic E-state index is 13.4. The monoisotopic (exact) mass is 401 g/mol. The van der Waals surface area contributed by atoms with Gasteiger partial charge in [-0.2, -0.15) is 13.2 Å². The molecular weight excluding hydrogens is 383 g/mol. The first kappa shape index (κ1) is 20.3. The molecule has 0 saturated carbocycles. The first-order valence-corrected chi connectivity index (χ1v) is 8.65. The van der Waals surface area contributed by atoms with E-state index < -0.39 is 29.3 Å². The van der Waals surface area contributed by atoms with Crippen molar-refractivity contribution in [3.05, 3.63) is 83.2 Å². The average Bonchev–Trinajstić information content (AvgIpc) is 2.71. The van der Waals surface area contributed by atoms with Gasteiger partial charge in [0.15, 0.2) is 0 Å². The van der Waals surface area contributed by atoms with Gasteiger partial charge < -0.3 is 16.8 Å². The maximum absolute atomic E-state index is 13.4. The number of nitrogens with zero attached hydrogens (tertiary/aromatic N) is 2. The minimum absolute atomic E-state index is 0.0928. The average molecular weight is 401 g/mol. The molecule has 1 atom stereocenters. The molecular formula is C20H18F3N5O. The van der Waals surface area contributed by atoms with Gasteiger partial charge in [0, 0.05) is 18.8 Å². The van der Waals surface area contributed by atoms with Crippen LogP contribution in [0.5, 0.6) is 0 Å². The normalized spacial score (nSPS) is 12.4. The van der Waals surface area contributed by atoms with Crippen LogP contribution < -0.4 is 16.8 Å². The minimum atomic E-state index is -4.76. The summed E-state index contributed by atoms with van der Waals surface area (Å²) in [5.41, 5.74) is 10.5. The number of alkyl halides is 3. The summed E-state index contributed by atoms with van der Waals surface area (Å²) in [5.74, 6) is -1.04. The van der Waals surface area contributed by atoms with Gasteiger partial charge >= 0.3 is 6.18 Å². The largest absolute Gasteiger partial charge is 0.418 e. The third kappa shape index (κ3) is 4.69. The summed E-state index contributed by atoms with van der Waals surface area (Å²) in [5, 5.41) is 2.88. The number of nitrogen functional groups attached to an aromatic ring is 1. The number of carbonyl (C=O) groups excluding carboxylic acids is 1. The van der Waals surface area contributed by atoms with Crippen LogP contribution in [-0.2, 0) is 6.18 Å². The Labute approximate surface area is 164 Å². The number of anilines is 2. The molecule has 0 aliphatic heterocycles. The van der Waals surface area contributed by atoms with Crippen molar-refractivity contribution in [1.82, 2.24) is 9.97 Å². The Kier molecular flexibility index (Phi) is 5.79. The number of hydrogen-bond acceptors (Lipinski definition) is 6. The number of nitrogens with one attached hydrogen (secondary N) is 1. The number of pyridine rings is 2. The molecule has 0 radical (unpaired) electrons. The van der Waals surface area contributed by atoms with E-state index in [2.05, 4.69) is 15.3 Å². The quantitative estimate of drug-likeness (QED) is 0.547. The summed E-state index contributed by atoms with van der Waals surface area (Å²) in [4.78, 5) is 20.4. The van der Waals surface area contributed by atoms with Crippen molar-refractivity contribution in [3.8, 4) is 0 Å². The standard InChI is InChI=1S/C20H18F3N5O/c21-20(22,23)14-8-9-16(27-11-15(24)12-5-2-1-3-6-12)28-17(14)18(29)13-7-4-10-26-19(13)25/h1-10,15H,11,24H2,(H2,25,26)(H,27,28)/t15-/m1/s1. The summed E-state index contributed by atoms with van der Waals surface area (Å²) in [6.45, 7) is 0.213. The van der Waals surface area contributed by atoms with E-state index in [1.807, 2.05) is 30.3 Å². The summed E-state index contributed by atoms with van der Waals surface area (Å²) in [6.07, 6.45) is -3.42. The predicted octanol–water partition coefficient (Wildman–Crippen LogP) is 3.42. The van der Waals surface area contributed by atoms with Gasteiger partial charge in [-0.05, 0) is 29.8 Å². The number of hydrogen-bond donors (Lipinski definition) is 3. The lowest BCUT2D eigenvalue weighted by Crippen LogP contribution is -2.22. The second kappa shape index (κ2) is 8.27. The van der Waals surface area contributed by atoms with E-state index >= 15 is 0 Å². The molecule has 0 saturated heterocycles. The summed E-state index contributed by atoms with van der Waals surface area (Å²) >= 11 is 0. The Morgan fingerprint density at radius 3 is 2.45 bits per heavy atom. The van der Waals surface area contributed by atoms with E-state index in [0.29, 0.717) is 0 Å². The first-order valence-electron chi connectivity index (χ1n) is 8.65. The fourth-order valence-electron chi connectivity index (χ4n) is 2.73. The summed E-state index contributed by atoms with van der Waals surface area (Å²) in [7, 11) is 0. The van der Waals surface area contributed by atoms with Gasteiger partial charge in [-0.1, -0.05) is 30.3 Å². The molecule has 0 unspecified atom stereocenters. The van der Waals surface area contributed by atoms with Crippen LogP contribution >= 0.6 is 0 Å². The van der Waals surface area contributed by atoms with E-state index in [0.717, 1.165) is 17.7 Å². The minimum Gasteiger partial charge on any atom is -0.383 e. The molecule has 6 nitrogen and oxygen atoms in total. The molecule has 2 heterocycles. The van der Waals surface area contributed by atoms with Crippen LogP contribution in [0.4, 0.5) is 24.8 Å². The molecule has 0 spiro atoms. The summed E-state index contributed by atoms with van der Waals surface area (Å²) < 4.78 is 40.2. The number of benzene rings is 1. The van der Waals surface area contributed by atoms with Gasteiger partial charge in [-0.15, -0.1) is 0 Å². The van der Waals surface area contributed by atoms with Gasteiger partial charge in [0.1, 0.15) is 17.3 Å². The molecule has 0 bridgehead atoms. The highest BCUT2D eigenvalue weighted by atomic mass is 19.4. The van der Waals surface area contributed by atoms with Crippen molar-refractivity contribution in [2.24, 2.45) is 5.73 Å². The van der Waals surface area contributed by atoms with Crippen molar-refractivity contribution in [2.75, 3.05) is 17.6 Å². The lowest BCUT2D eigenvalue weighted by Gasteiger charge is -2.16. The zero-order valence-electron chi connectivity index (χ0n) is 15.1. The van der Waals surface area contributed by atoms with E-state index in [1.54, 1.807) is 0 Å². The van der Waals surface area contributed by atoms with Crippen molar-refractivity contribution in [1.29, 1.82) is 0 Å². The molecule has 3 aromatic rings. The fraction of sp³-hybridized carbons (Fsp3) is 0.150. The molecule has 5 N–H and O–H groups in total. The van der Waals surface area contributed by atoms with Crippen molar-refractivity contribution >= 4 is 17.4 Å². The van der Waals surface area contributed by atoms with E-state index in [9.17, 15) is 18.0 Å². The molecule has 0 fully saturated rings. The maximum Gasteiger partial charge on any atom is 0.418 e. The highest BCUT2D eigenvalue weighted by Gasteiger charge is 2.37. The zero-order valence-corrected chi connectivity index (χ0v) is 15.1. The van der Waals surface area contributed by atoms with Crippen LogP contribution in [0.25, 0.3) is 0 Å². The molecule has 0 aliphatic rings. The Morgan fingerprint density at radius 2 is 1.79 bits per heavy atom. The molecule has 29 heavy (non-hydrogen) atoms. The van der Waals surface area contributed by atoms with E-state index in [-0.39, 0.29) is 23.7 Å². The van der Waals surface area contributed by atoms with Crippen LogP contribution in [0.15, 0.2) is 60.8 Å². The molecule has 150 valence electrons. The van der Waals surface area contributed by atoms with Crippen molar-refractivity contribution in [3.63, 3.8) is 0 Å². The topological polar surface area (TPSA) is 107 Å². The second-order valence-electron chi connectivity index (χ2n) is 6.25.